The average Bonchev–Trinajstić information content (AvgIpc) is 3.06. The van der Waals surface area contributed by atoms with Crippen molar-refractivity contribution in [3.63, 3.8) is 0 Å². The zero-order chi connectivity index (χ0) is 17.5. The van der Waals surface area contributed by atoms with Crippen LogP contribution in [0.5, 0.6) is 5.75 Å². The molecule has 2 aromatic rings. The summed E-state index contributed by atoms with van der Waals surface area (Å²) in [5.41, 5.74) is 5.66. The quantitative estimate of drug-likeness (QED) is 0.558. The van der Waals surface area contributed by atoms with E-state index in [2.05, 4.69) is 16.2 Å². The SMILES string of the molecule is Cc1cc(Cl)ccc1OCC(=O)NC(=S)NNC(=O)c1cccs1. The summed E-state index contributed by atoms with van der Waals surface area (Å²) < 4.78 is 5.40. The minimum atomic E-state index is -0.452. The third-order valence-corrected chi connectivity index (χ3v) is 4.09. The van der Waals surface area contributed by atoms with Crippen LogP contribution in [-0.4, -0.2) is 23.5 Å². The lowest BCUT2D eigenvalue weighted by Gasteiger charge is -2.12. The van der Waals surface area contributed by atoms with Crippen molar-refractivity contribution in [2.24, 2.45) is 0 Å². The molecule has 24 heavy (non-hydrogen) atoms. The summed E-state index contributed by atoms with van der Waals surface area (Å²) in [7, 11) is 0. The lowest BCUT2D eigenvalue weighted by molar-refractivity contribution is -0.121. The molecule has 1 heterocycles. The van der Waals surface area contributed by atoms with E-state index < -0.39 is 5.91 Å². The van der Waals surface area contributed by atoms with Crippen molar-refractivity contribution in [3.05, 3.63) is 51.2 Å². The van der Waals surface area contributed by atoms with Crippen LogP contribution in [-0.2, 0) is 4.79 Å². The molecular formula is C15H14ClN3O3S2. The van der Waals surface area contributed by atoms with Gasteiger partial charge in [-0.1, -0.05) is 17.7 Å². The van der Waals surface area contributed by atoms with Gasteiger partial charge in [0.25, 0.3) is 11.8 Å². The zero-order valence-electron chi connectivity index (χ0n) is 12.6. The number of hydrogen-bond donors (Lipinski definition) is 3. The van der Waals surface area contributed by atoms with Crippen LogP contribution in [0.4, 0.5) is 0 Å². The van der Waals surface area contributed by atoms with Crippen LogP contribution < -0.4 is 20.9 Å². The lowest BCUT2D eigenvalue weighted by atomic mass is 10.2. The molecule has 9 heteroatoms. The van der Waals surface area contributed by atoms with Gasteiger partial charge in [0.1, 0.15) is 5.75 Å². The number of nitrogens with one attached hydrogen (secondary N) is 3. The summed E-state index contributed by atoms with van der Waals surface area (Å²) in [5, 5.41) is 4.75. The number of hydrogen-bond acceptors (Lipinski definition) is 5. The first-order chi connectivity index (χ1) is 11.5. The van der Waals surface area contributed by atoms with E-state index in [1.807, 2.05) is 6.92 Å². The van der Waals surface area contributed by atoms with Crippen LogP contribution in [0.15, 0.2) is 35.7 Å². The fourth-order valence-corrected chi connectivity index (χ4v) is 2.71. The number of rotatable bonds is 4. The molecule has 1 aromatic heterocycles. The van der Waals surface area contributed by atoms with Gasteiger partial charge >= 0.3 is 0 Å². The highest BCUT2D eigenvalue weighted by Crippen LogP contribution is 2.21. The first-order valence-electron chi connectivity index (χ1n) is 6.78. The monoisotopic (exact) mass is 383 g/mol. The van der Waals surface area contributed by atoms with Gasteiger partial charge < -0.3 is 4.74 Å². The molecule has 0 bridgehead atoms. The highest BCUT2D eigenvalue weighted by molar-refractivity contribution is 7.80. The predicted molar refractivity (Wildman–Crippen MR) is 97.3 cm³/mol. The Kier molecular flexibility index (Phi) is 6.53. The van der Waals surface area contributed by atoms with Crippen molar-refractivity contribution in [1.82, 2.24) is 16.2 Å². The maximum absolute atomic E-state index is 11.8. The third kappa shape index (κ3) is 5.48. The Balaban J connectivity index is 1.73. The van der Waals surface area contributed by atoms with E-state index in [1.165, 1.54) is 11.3 Å². The first kappa shape index (κ1) is 18.2. The Bertz CT molecular complexity index is 750. The molecule has 126 valence electrons. The number of amides is 2. The first-order valence-corrected chi connectivity index (χ1v) is 8.45. The van der Waals surface area contributed by atoms with Crippen LogP contribution in [0, 0.1) is 6.92 Å². The molecule has 0 aliphatic heterocycles. The third-order valence-electron chi connectivity index (χ3n) is 2.78. The second kappa shape index (κ2) is 8.62. The average molecular weight is 384 g/mol. The minimum absolute atomic E-state index is 0.0265. The molecular weight excluding hydrogens is 370 g/mol. The number of carbonyl (C=O) groups excluding carboxylic acids is 2. The molecule has 1 aromatic carbocycles. The van der Waals surface area contributed by atoms with Crippen molar-refractivity contribution in [2.45, 2.75) is 6.92 Å². The Morgan fingerprint density at radius 2 is 2.08 bits per heavy atom. The van der Waals surface area contributed by atoms with Crippen LogP contribution in [0.1, 0.15) is 15.2 Å². The minimum Gasteiger partial charge on any atom is -0.483 e. The number of halogens is 1. The number of thiophene rings is 1. The van der Waals surface area contributed by atoms with Gasteiger partial charge in [0.05, 0.1) is 4.88 Å². The molecule has 0 atom stereocenters. The lowest BCUT2D eigenvalue weighted by Crippen LogP contribution is -2.49. The highest BCUT2D eigenvalue weighted by atomic mass is 35.5. The van der Waals surface area contributed by atoms with Crippen LogP contribution in [0.25, 0.3) is 0 Å². The topological polar surface area (TPSA) is 79.5 Å². The molecule has 2 amide bonds. The maximum atomic E-state index is 11.8. The highest BCUT2D eigenvalue weighted by Gasteiger charge is 2.09. The van der Waals surface area contributed by atoms with Crippen molar-refractivity contribution in [3.8, 4) is 5.75 Å². The van der Waals surface area contributed by atoms with Crippen LogP contribution in [0.3, 0.4) is 0 Å². The van der Waals surface area contributed by atoms with Crippen molar-refractivity contribution >= 4 is 52.1 Å². The van der Waals surface area contributed by atoms with E-state index in [-0.39, 0.29) is 17.6 Å². The molecule has 0 aliphatic carbocycles. The van der Waals surface area contributed by atoms with Gasteiger partial charge in [-0.2, -0.15) is 0 Å². The molecule has 0 spiro atoms. The number of carbonyl (C=O) groups is 2. The van der Waals surface area contributed by atoms with Crippen LogP contribution >= 0.6 is 35.2 Å². The molecule has 3 N–H and O–H groups in total. The van der Waals surface area contributed by atoms with Crippen LogP contribution in [0.2, 0.25) is 5.02 Å². The fraction of sp³-hybridized carbons (Fsp3) is 0.133. The summed E-state index contributed by atoms with van der Waals surface area (Å²) in [6, 6.07) is 8.53. The van der Waals surface area contributed by atoms with Crippen molar-refractivity contribution < 1.29 is 14.3 Å². The Morgan fingerprint density at radius 3 is 2.75 bits per heavy atom. The predicted octanol–water partition coefficient (Wildman–Crippen LogP) is 2.42. The van der Waals surface area contributed by atoms with E-state index in [0.717, 1.165) is 5.56 Å². The molecule has 0 saturated carbocycles. The van der Waals surface area contributed by atoms with Gasteiger partial charge in [-0.05, 0) is 54.4 Å². The molecule has 0 aliphatic rings. The van der Waals surface area contributed by atoms with Gasteiger partial charge in [0, 0.05) is 5.02 Å². The summed E-state index contributed by atoms with van der Waals surface area (Å²) in [6.07, 6.45) is 0. The second-order valence-corrected chi connectivity index (χ2v) is 6.42. The largest absolute Gasteiger partial charge is 0.483 e. The van der Waals surface area contributed by atoms with Gasteiger partial charge in [-0.25, -0.2) is 0 Å². The Hall–Kier alpha value is -2.16. The summed E-state index contributed by atoms with van der Waals surface area (Å²) >= 11 is 12.1. The number of ether oxygens (including phenoxy) is 1. The van der Waals surface area contributed by atoms with E-state index in [1.54, 1.807) is 35.7 Å². The van der Waals surface area contributed by atoms with Crippen molar-refractivity contribution in [2.75, 3.05) is 6.61 Å². The van der Waals surface area contributed by atoms with E-state index in [9.17, 15) is 9.59 Å². The number of hydrazine groups is 1. The Morgan fingerprint density at radius 1 is 1.29 bits per heavy atom. The van der Waals surface area contributed by atoms with Gasteiger partial charge in [-0.3, -0.25) is 25.8 Å². The van der Waals surface area contributed by atoms with Gasteiger partial charge in [0.15, 0.2) is 11.7 Å². The summed E-state index contributed by atoms with van der Waals surface area (Å²) in [4.78, 5) is 24.0. The number of aryl methyl sites for hydroxylation is 1. The molecule has 0 fully saturated rings. The standard InChI is InChI=1S/C15H14ClN3O3S2/c1-9-7-10(16)4-5-11(9)22-8-13(20)17-15(23)19-18-14(21)12-3-2-6-24-12/h2-7H,8H2,1H3,(H,18,21)(H2,17,19,20,23). The summed E-state index contributed by atoms with van der Waals surface area (Å²) in [6.45, 7) is 1.61. The van der Waals surface area contributed by atoms with Gasteiger partial charge in [0.2, 0.25) is 0 Å². The second-order valence-electron chi connectivity index (χ2n) is 4.63. The van der Waals surface area contributed by atoms with Gasteiger partial charge in [-0.15, -0.1) is 11.3 Å². The fourth-order valence-electron chi connectivity index (χ4n) is 1.69. The molecule has 0 unspecified atom stereocenters. The van der Waals surface area contributed by atoms with Crippen molar-refractivity contribution in [1.29, 1.82) is 0 Å². The summed E-state index contributed by atoms with van der Waals surface area (Å²) in [5.74, 6) is -0.235. The normalized spacial score (nSPS) is 9.92. The molecule has 0 saturated heterocycles. The molecule has 2 rings (SSSR count). The van der Waals surface area contributed by atoms with E-state index in [4.69, 9.17) is 28.6 Å². The van der Waals surface area contributed by atoms with E-state index in [0.29, 0.717) is 15.6 Å². The molecule has 6 nitrogen and oxygen atoms in total. The molecule has 0 radical (unpaired) electrons. The maximum Gasteiger partial charge on any atom is 0.279 e. The zero-order valence-corrected chi connectivity index (χ0v) is 15.0. The smallest absolute Gasteiger partial charge is 0.279 e. The number of benzene rings is 1. The Labute approximate surface area is 153 Å². The van der Waals surface area contributed by atoms with E-state index >= 15 is 0 Å². The number of thiocarbonyl (C=S) groups is 1.